The number of nitrogens with one attached hydrogen (secondary N) is 1. The van der Waals surface area contributed by atoms with Crippen LogP contribution in [-0.2, 0) is 11.2 Å². The highest BCUT2D eigenvalue weighted by atomic mass is 35.5. The number of carbonyl (C=O) groups is 1. The summed E-state index contributed by atoms with van der Waals surface area (Å²) in [5.74, 6) is 0. The quantitative estimate of drug-likeness (QED) is 0.880. The first-order chi connectivity index (χ1) is 7.61. The van der Waals surface area contributed by atoms with Crippen molar-refractivity contribution in [3.63, 3.8) is 0 Å². The number of hydrogen-bond donors (Lipinski definition) is 1. The highest BCUT2D eigenvalue weighted by Crippen LogP contribution is 2.10. The molecule has 0 heterocycles. The molecule has 3 nitrogen and oxygen atoms in total. The number of rotatable bonds is 4. The molecule has 16 heavy (non-hydrogen) atoms. The Morgan fingerprint density at radius 3 is 2.62 bits per heavy atom. The molecule has 88 valence electrons. The lowest BCUT2D eigenvalue weighted by Gasteiger charge is -2.13. The second-order valence-electron chi connectivity index (χ2n) is 3.60. The zero-order chi connectivity index (χ0) is 12.0. The maximum Gasteiger partial charge on any atom is 0.407 e. The van der Waals surface area contributed by atoms with Gasteiger partial charge in [0.05, 0.1) is 6.61 Å². The predicted molar refractivity (Wildman–Crippen MR) is 64.8 cm³/mol. The van der Waals surface area contributed by atoms with Crippen LogP contribution >= 0.6 is 11.6 Å². The standard InChI is InChI=1S/C12H16ClNO2/c1-3-16-12(15)14-9(2)8-10-4-6-11(13)7-5-10/h4-7,9H,3,8H2,1-2H3,(H,14,15). The summed E-state index contributed by atoms with van der Waals surface area (Å²) >= 11 is 5.78. The van der Waals surface area contributed by atoms with Crippen LogP contribution in [0.2, 0.25) is 5.02 Å². The topological polar surface area (TPSA) is 38.3 Å². The third kappa shape index (κ3) is 4.53. The van der Waals surface area contributed by atoms with Gasteiger partial charge in [-0.15, -0.1) is 0 Å². The maximum absolute atomic E-state index is 11.1. The molecule has 0 saturated carbocycles. The Hall–Kier alpha value is -1.22. The lowest BCUT2D eigenvalue weighted by atomic mass is 10.1. The number of ether oxygens (including phenoxy) is 1. The van der Waals surface area contributed by atoms with E-state index in [0.717, 1.165) is 17.0 Å². The molecule has 1 atom stereocenters. The Bertz CT molecular complexity index is 337. The fourth-order valence-corrected chi connectivity index (χ4v) is 1.53. The van der Waals surface area contributed by atoms with E-state index < -0.39 is 0 Å². The fourth-order valence-electron chi connectivity index (χ4n) is 1.40. The van der Waals surface area contributed by atoms with Crippen LogP contribution in [0.25, 0.3) is 0 Å². The minimum Gasteiger partial charge on any atom is -0.450 e. The minimum absolute atomic E-state index is 0.0419. The summed E-state index contributed by atoms with van der Waals surface area (Å²) in [5.41, 5.74) is 1.13. The molecule has 1 amide bonds. The Kier molecular flexibility index (Phi) is 5.12. The fraction of sp³-hybridized carbons (Fsp3) is 0.417. The van der Waals surface area contributed by atoms with E-state index in [0.29, 0.717) is 6.61 Å². The third-order valence-corrected chi connectivity index (χ3v) is 2.35. The minimum atomic E-state index is -0.371. The molecule has 0 aliphatic carbocycles. The van der Waals surface area contributed by atoms with Crippen LogP contribution in [0.3, 0.4) is 0 Å². The van der Waals surface area contributed by atoms with Gasteiger partial charge in [-0.05, 0) is 38.0 Å². The molecular formula is C12H16ClNO2. The molecule has 0 saturated heterocycles. The summed E-state index contributed by atoms with van der Waals surface area (Å²) in [5, 5.41) is 3.47. The third-order valence-electron chi connectivity index (χ3n) is 2.09. The van der Waals surface area contributed by atoms with Gasteiger partial charge in [0.15, 0.2) is 0 Å². The SMILES string of the molecule is CCOC(=O)NC(C)Cc1ccc(Cl)cc1. The number of alkyl carbamates (subject to hydrolysis) is 1. The Balaban J connectivity index is 2.42. The molecule has 0 aliphatic rings. The van der Waals surface area contributed by atoms with Crippen molar-refractivity contribution < 1.29 is 9.53 Å². The number of hydrogen-bond acceptors (Lipinski definition) is 2. The van der Waals surface area contributed by atoms with Crippen LogP contribution in [-0.4, -0.2) is 18.7 Å². The average molecular weight is 242 g/mol. The van der Waals surface area contributed by atoms with Crippen LogP contribution < -0.4 is 5.32 Å². The number of carbonyl (C=O) groups excluding carboxylic acids is 1. The second-order valence-corrected chi connectivity index (χ2v) is 4.03. The van der Waals surface area contributed by atoms with E-state index in [-0.39, 0.29) is 12.1 Å². The van der Waals surface area contributed by atoms with Gasteiger partial charge >= 0.3 is 6.09 Å². The first-order valence-corrected chi connectivity index (χ1v) is 5.67. The highest BCUT2D eigenvalue weighted by molar-refractivity contribution is 6.30. The molecule has 1 rings (SSSR count). The molecule has 1 aromatic carbocycles. The molecule has 1 N–H and O–H groups in total. The van der Waals surface area contributed by atoms with Crippen molar-refractivity contribution in [2.75, 3.05) is 6.61 Å². The largest absolute Gasteiger partial charge is 0.450 e. The van der Waals surface area contributed by atoms with Gasteiger partial charge in [-0.1, -0.05) is 23.7 Å². The van der Waals surface area contributed by atoms with E-state index in [9.17, 15) is 4.79 Å². The van der Waals surface area contributed by atoms with Gasteiger partial charge in [-0.25, -0.2) is 4.79 Å². The molecule has 0 radical (unpaired) electrons. The first-order valence-electron chi connectivity index (χ1n) is 5.29. The molecule has 0 spiro atoms. The summed E-state index contributed by atoms with van der Waals surface area (Å²) < 4.78 is 4.80. The monoisotopic (exact) mass is 241 g/mol. The normalized spacial score (nSPS) is 11.9. The van der Waals surface area contributed by atoms with Crippen LogP contribution in [0.4, 0.5) is 4.79 Å². The molecule has 0 aliphatic heterocycles. The smallest absolute Gasteiger partial charge is 0.407 e. The maximum atomic E-state index is 11.1. The van der Waals surface area contributed by atoms with Crippen LogP contribution in [0.15, 0.2) is 24.3 Å². The Morgan fingerprint density at radius 1 is 1.44 bits per heavy atom. The van der Waals surface area contributed by atoms with Crippen molar-refractivity contribution in [2.45, 2.75) is 26.3 Å². The van der Waals surface area contributed by atoms with E-state index in [1.807, 2.05) is 31.2 Å². The summed E-state index contributed by atoms with van der Waals surface area (Å²) in [4.78, 5) is 11.1. The van der Waals surface area contributed by atoms with E-state index in [2.05, 4.69) is 5.32 Å². The van der Waals surface area contributed by atoms with Crippen molar-refractivity contribution in [1.82, 2.24) is 5.32 Å². The summed E-state index contributed by atoms with van der Waals surface area (Å²) in [7, 11) is 0. The molecule has 1 unspecified atom stereocenters. The van der Waals surface area contributed by atoms with Gasteiger partial charge in [0.1, 0.15) is 0 Å². The Morgan fingerprint density at radius 2 is 2.06 bits per heavy atom. The van der Waals surface area contributed by atoms with Crippen molar-refractivity contribution in [2.24, 2.45) is 0 Å². The summed E-state index contributed by atoms with van der Waals surface area (Å²) in [6, 6.07) is 7.62. The van der Waals surface area contributed by atoms with Crippen molar-refractivity contribution in [3.8, 4) is 0 Å². The molecule has 0 aromatic heterocycles. The van der Waals surface area contributed by atoms with E-state index in [4.69, 9.17) is 16.3 Å². The molecule has 1 aromatic rings. The van der Waals surface area contributed by atoms with Gasteiger partial charge in [0, 0.05) is 11.1 Å². The van der Waals surface area contributed by atoms with Gasteiger partial charge in [-0.2, -0.15) is 0 Å². The Labute approximate surface area is 101 Å². The van der Waals surface area contributed by atoms with E-state index in [1.54, 1.807) is 6.92 Å². The molecule has 0 bridgehead atoms. The average Bonchev–Trinajstić information content (AvgIpc) is 2.21. The van der Waals surface area contributed by atoms with Gasteiger partial charge < -0.3 is 10.1 Å². The van der Waals surface area contributed by atoms with Gasteiger partial charge in [0.2, 0.25) is 0 Å². The zero-order valence-corrected chi connectivity index (χ0v) is 10.3. The highest BCUT2D eigenvalue weighted by Gasteiger charge is 2.08. The van der Waals surface area contributed by atoms with E-state index in [1.165, 1.54) is 0 Å². The number of amides is 1. The molecule has 4 heteroatoms. The number of benzene rings is 1. The van der Waals surface area contributed by atoms with Crippen molar-refractivity contribution in [3.05, 3.63) is 34.9 Å². The van der Waals surface area contributed by atoms with Crippen molar-refractivity contribution >= 4 is 17.7 Å². The van der Waals surface area contributed by atoms with Gasteiger partial charge in [-0.3, -0.25) is 0 Å². The van der Waals surface area contributed by atoms with Crippen LogP contribution in [0, 0.1) is 0 Å². The lowest BCUT2D eigenvalue weighted by molar-refractivity contribution is 0.149. The first kappa shape index (κ1) is 12.8. The van der Waals surface area contributed by atoms with Crippen LogP contribution in [0.5, 0.6) is 0 Å². The van der Waals surface area contributed by atoms with Crippen LogP contribution in [0.1, 0.15) is 19.4 Å². The summed E-state index contributed by atoms with van der Waals surface area (Å²) in [6.07, 6.45) is 0.389. The summed E-state index contributed by atoms with van der Waals surface area (Å²) in [6.45, 7) is 4.11. The molecular weight excluding hydrogens is 226 g/mol. The number of halogens is 1. The lowest BCUT2D eigenvalue weighted by Crippen LogP contribution is -2.34. The molecule has 0 fully saturated rings. The van der Waals surface area contributed by atoms with Crippen molar-refractivity contribution in [1.29, 1.82) is 0 Å². The van der Waals surface area contributed by atoms with E-state index >= 15 is 0 Å². The zero-order valence-electron chi connectivity index (χ0n) is 9.50. The van der Waals surface area contributed by atoms with Gasteiger partial charge in [0.25, 0.3) is 0 Å². The second kappa shape index (κ2) is 6.38. The predicted octanol–water partition coefficient (Wildman–Crippen LogP) is 3.02.